The topological polar surface area (TPSA) is 23.6 Å². The van der Waals surface area contributed by atoms with Gasteiger partial charge in [-0.2, -0.15) is 0 Å². The first-order valence-electron chi connectivity index (χ1n) is 12.3. The highest BCUT2D eigenvalue weighted by atomic mass is 19.1. The molecule has 4 heteroatoms. The van der Waals surface area contributed by atoms with E-state index in [0.717, 1.165) is 37.3 Å². The van der Waals surface area contributed by atoms with E-state index in [2.05, 4.69) is 49.9 Å². The molecule has 4 rings (SSSR count). The number of aryl methyl sites for hydroxylation is 1. The molecule has 0 aromatic heterocycles. The minimum atomic E-state index is -0.213. The molecule has 2 atom stereocenters. The fourth-order valence-electron chi connectivity index (χ4n) is 5.04. The third-order valence-electron chi connectivity index (χ3n) is 6.69. The van der Waals surface area contributed by atoms with Crippen molar-refractivity contribution in [3.8, 4) is 0 Å². The lowest BCUT2D eigenvalue weighted by molar-refractivity contribution is 0.0703. The maximum Gasteiger partial charge on any atom is 0.253 e. The molecule has 0 bridgehead atoms. The molecule has 1 amide bonds. The summed E-state index contributed by atoms with van der Waals surface area (Å²) in [5.74, 6) is 0.785. The van der Waals surface area contributed by atoms with Gasteiger partial charge in [0, 0.05) is 44.2 Å². The Labute approximate surface area is 203 Å². The van der Waals surface area contributed by atoms with Gasteiger partial charge in [0.15, 0.2) is 0 Å². The Morgan fingerprint density at radius 2 is 1.65 bits per heavy atom. The zero-order valence-electron chi connectivity index (χ0n) is 20.5. The standard InChI is InChI=1S/C30H35FN2O/c1-22(2)17-33(30(34)26-7-5-4-6-8-26)20-27-19-32(18-24-11-9-23(3)10-12-24)21-29(27)25-13-15-28(31)16-14-25/h4-16,22,27,29H,17-21H2,1-3H3/t27-,29-/m1/s1. The Morgan fingerprint density at radius 3 is 2.29 bits per heavy atom. The molecule has 0 radical (unpaired) electrons. The van der Waals surface area contributed by atoms with Crippen molar-refractivity contribution in [2.75, 3.05) is 26.2 Å². The molecule has 0 spiro atoms. The van der Waals surface area contributed by atoms with Gasteiger partial charge < -0.3 is 4.90 Å². The molecule has 0 saturated carbocycles. The Morgan fingerprint density at radius 1 is 0.971 bits per heavy atom. The lowest BCUT2D eigenvalue weighted by atomic mass is 9.88. The SMILES string of the molecule is Cc1ccc(CN2C[C@H](CN(CC(C)C)C(=O)c3ccccc3)[C@@H](c3ccc(F)cc3)C2)cc1. The maximum absolute atomic E-state index is 13.7. The summed E-state index contributed by atoms with van der Waals surface area (Å²) >= 11 is 0. The maximum atomic E-state index is 13.7. The van der Waals surface area contributed by atoms with Gasteiger partial charge in [-0.25, -0.2) is 4.39 Å². The van der Waals surface area contributed by atoms with Crippen molar-refractivity contribution < 1.29 is 9.18 Å². The number of hydrogen-bond acceptors (Lipinski definition) is 2. The zero-order chi connectivity index (χ0) is 24.1. The summed E-state index contributed by atoms with van der Waals surface area (Å²) in [5.41, 5.74) is 4.44. The Balaban J connectivity index is 1.57. The summed E-state index contributed by atoms with van der Waals surface area (Å²) in [6.07, 6.45) is 0. The lowest BCUT2D eigenvalue weighted by Crippen LogP contribution is -2.39. The van der Waals surface area contributed by atoms with E-state index in [1.807, 2.05) is 47.4 Å². The second-order valence-corrected chi connectivity index (χ2v) is 10.1. The van der Waals surface area contributed by atoms with E-state index in [-0.39, 0.29) is 23.6 Å². The summed E-state index contributed by atoms with van der Waals surface area (Å²) in [6, 6.07) is 25.2. The fourth-order valence-corrected chi connectivity index (χ4v) is 5.04. The number of benzene rings is 3. The third kappa shape index (κ3) is 6.12. The van der Waals surface area contributed by atoms with Crippen molar-refractivity contribution in [2.24, 2.45) is 11.8 Å². The van der Waals surface area contributed by atoms with Gasteiger partial charge in [-0.3, -0.25) is 9.69 Å². The van der Waals surface area contributed by atoms with E-state index in [4.69, 9.17) is 0 Å². The number of likely N-dealkylation sites (tertiary alicyclic amines) is 1. The third-order valence-corrected chi connectivity index (χ3v) is 6.69. The van der Waals surface area contributed by atoms with Crippen molar-refractivity contribution in [3.05, 3.63) is 107 Å². The Hall–Kier alpha value is -2.98. The molecular formula is C30H35FN2O. The number of amides is 1. The van der Waals surface area contributed by atoms with Crippen LogP contribution in [0.4, 0.5) is 4.39 Å². The van der Waals surface area contributed by atoms with Crippen LogP contribution < -0.4 is 0 Å². The van der Waals surface area contributed by atoms with Crippen LogP contribution in [0.5, 0.6) is 0 Å². The van der Waals surface area contributed by atoms with Crippen molar-refractivity contribution in [2.45, 2.75) is 33.2 Å². The molecule has 3 aromatic carbocycles. The summed E-state index contributed by atoms with van der Waals surface area (Å²) < 4.78 is 13.7. The Kier molecular flexibility index (Phi) is 7.79. The first-order chi connectivity index (χ1) is 16.4. The molecule has 0 aliphatic carbocycles. The highest BCUT2D eigenvalue weighted by Crippen LogP contribution is 2.34. The number of carbonyl (C=O) groups excluding carboxylic acids is 1. The molecule has 0 unspecified atom stereocenters. The van der Waals surface area contributed by atoms with Gasteiger partial charge in [0.1, 0.15) is 5.82 Å². The number of rotatable bonds is 8. The van der Waals surface area contributed by atoms with E-state index in [0.29, 0.717) is 12.5 Å². The number of hydrogen-bond donors (Lipinski definition) is 0. The smallest absolute Gasteiger partial charge is 0.253 e. The van der Waals surface area contributed by atoms with E-state index >= 15 is 0 Å². The molecule has 1 saturated heterocycles. The minimum Gasteiger partial charge on any atom is -0.338 e. The molecule has 3 aromatic rings. The summed E-state index contributed by atoms with van der Waals surface area (Å²) in [7, 11) is 0. The largest absolute Gasteiger partial charge is 0.338 e. The summed E-state index contributed by atoms with van der Waals surface area (Å²) in [6.45, 7) is 10.5. The average molecular weight is 459 g/mol. The van der Waals surface area contributed by atoms with Crippen molar-refractivity contribution in [3.63, 3.8) is 0 Å². The highest BCUT2D eigenvalue weighted by molar-refractivity contribution is 5.94. The number of carbonyl (C=O) groups is 1. The van der Waals surface area contributed by atoms with Gasteiger partial charge in [-0.15, -0.1) is 0 Å². The van der Waals surface area contributed by atoms with Crippen LogP contribution in [0.1, 0.15) is 46.8 Å². The summed E-state index contributed by atoms with van der Waals surface area (Å²) in [4.78, 5) is 17.9. The van der Waals surface area contributed by atoms with Crippen LogP contribution in [0.2, 0.25) is 0 Å². The molecule has 1 aliphatic rings. The predicted octanol–water partition coefficient (Wildman–Crippen LogP) is 6.15. The van der Waals surface area contributed by atoms with Crippen LogP contribution in [0.15, 0.2) is 78.9 Å². The van der Waals surface area contributed by atoms with Gasteiger partial charge in [-0.05, 0) is 54.2 Å². The number of halogens is 1. The lowest BCUT2D eigenvalue weighted by Gasteiger charge is -2.30. The van der Waals surface area contributed by atoms with Gasteiger partial charge >= 0.3 is 0 Å². The number of nitrogens with zero attached hydrogens (tertiary/aromatic N) is 2. The van der Waals surface area contributed by atoms with Crippen LogP contribution in [0.3, 0.4) is 0 Å². The minimum absolute atomic E-state index is 0.0872. The summed E-state index contributed by atoms with van der Waals surface area (Å²) in [5, 5.41) is 0. The van der Waals surface area contributed by atoms with Crippen molar-refractivity contribution in [1.82, 2.24) is 9.80 Å². The van der Waals surface area contributed by atoms with Crippen LogP contribution >= 0.6 is 0 Å². The van der Waals surface area contributed by atoms with Gasteiger partial charge in [-0.1, -0.05) is 74.0 Å². The highest BCUT2D eigenvalue weighted by Gasteiger charge is 2.36. The average Bonchev–Trinajstić information content (AvgIpc) is 3.22. The van der Waals surface area contributed by atoms with E-state index in [1.165, 1.54) is 11.1 Å². The molecule has 178 valence electrons. The first kappa shape index (κ1) is 24.2. The van der Waals surface area contributed by atoms with E-state index < -0.39 is 0 Å². The van der Waals surface area contributed by atoms with Crippen LogP contribution in [-0.4, -0.2) is 41.9 Å². The molecule has 34 heavy (non-hydrogen) atoms. The predicted molar refractivity (Wildman–Crippen MR) is 136 cm³/mol. The van der Waals surface area contributed by atoms with Crippen molar-refractivity contribution >= 4 is 5.91 Å². The first-order valence-corrected chi connectivity index (χ1v) is 12.3. The fraction of sp³-hybridized carbons (Fsp3) is 0.367. The van der Waals surface area contributed by atoms with Crippen LogP contribution in [-0.2, 0) is 6.54 Å². The molecular weight excluding hydrogens is 423 g/mol. The van der Waals surface area contributed by atoms with Gasteiger partial charge in [0.25, 0.3) is 5.91 Å². The normalized spacial score (nSPS) is 18.4. The monoisotopic (exact) mass is 458 g/mol. The zero-order valence-corrected chi connectivity index (χ0v) is 20.5. The second kappa shape index (κ2) is 11.0. The molecule has 1 aliphatic heterocycles. The van der Waals surface area contributed by atoms with Crippen LogP contribution in [0.25, 0.3) is 0 Å². The molecule has 1 heterocycles. The van der Waals surface area contributed by atoms with E-state index in [1.54, 1.807) is 12.1 Å². The van der Waals surface area contributed by atoms with Gasteiger partial charge in [0.05, 0.1) is 0 Å². The quantitative estimate of drug-likeness (QED) is 0.404. The van der Waals surface area contributed by atoms with Gasteiger partial charge in [0.2, 0.25) is 0 Å². The van der Waals surface area contributed by atoms with E-state index in [9.17, 15) is 9.18 Å². The Bertz CT molecular complexity index is 1060. The molecule has 1 fully saturated rings. The van der Waals surface area contributed by atoms with Crippen LogP contribution in [0, 0.1) is 24.6 Å². The molecule has 0 N–H and O–H groups in total. The second-order valence-electron chi connectivity index (χ2n) is 10.1. The molecule has 3 nitrogen and oxygen atoms in total. The van der Waals surface area contributed by atoms with Crippen molar-refractivity contribution in [1.29, 1.82) is 0 Å².